The number of hydrogen-bond donors (Lipinski definition) is 2. The van der Waals surface area contributed by atoms with Crippen LogP contribution < -0.4 is 21.5 Å². The number of benzene rings is 3. The zero-order valence-electron chi connectivity index (χ0n) is 12.2. The average Bonchev–Trinajstić information content (AvgIpc) is 2.71. The van der Waals surface area contributed by atoms with Crippen LogP contribution in [0.5, 0.6) is 5.75 Å². The number of hydrogen-bond acceptors (Lipinski definition) is 4. The van der Waals surface area contributed by atoms with E-state index in [4.69, 9.17) is 16.4 Å². The van der Waals surface area contributed by atoms with E-state index in [0.29, 0.717) is 11.4 Å². The van der Waals surface area contributed by atoms with Crippen molar-refractivity contribution in [2.24, 2.45) is 11.7 Å². The third-order valence-corrected chi connectivity index (χ3v) is 4.06. The quantitative estimate of drug-likeness (QED) is 0.450. The smallest absolute Gasteiger partial charge is 0.121 e. The van der Waals surface area contributed by atoms with Crippen LogP contribution in [0, 0.1) is 0 Å². The molecule has 5 heteroatoms. The molecule has 4 N–H and O–H groups in total. The Hall–Kier alpha value is -2.76. The first-order valence-corrected chi connectivity index (χ1v) is 7.00. The van der Waals surface area contributed by atoms with Gasteiger partial charge in [-0.1, -0.05) is 24.3 Å². The van der Waals surface area contributed by atoms with Crippen LogP contribution in [-0.2, 0) is 0 Å². The summed E-state index contributed by atoms with van der Waals surface area (Å²) in [6.07, 6.45) is 0. The van der Waals surface area contributed by atoms with Gasteiger partial charge in [-0.3, -0.25) is 0 Å². The lowest BCUT2D eigenvalue weighted by molar-refractivity contribution is 0.414. The minimum atomic E-state index is 0.695. The molecule has 5 nitrogen and oxygen atoms in total. The van der Waals surface area contributed by atoms with E-state index in [1.54, 1.807) is 7.11 Å². The Balaban J connectivity index is 2.10. The van der Waals surface area contributed by atoms with E-state index >= 15 is 0 Å². The number of aromatic nitrogens is 1. The van der Waals surface area contributed by atoms with Crippen molar-refractivity contribution >= 4 is 27.5 Å². The van der Waals surface area contributed by atoms with E-state index in [1.807, 2.05) is 18.2 Å². The van der Waals surface area contributed by atoms with Crippen molar-refractivity contribution in [2.75, 3.05) is 12.2 Å². The number of nitrogens with two attached hydrogens (primary N) is 2. The van der Waals surface area contributed by atoms with Gasteiger partial charge >= 0.3 is 0 Å². The summed E-state index contributed by atoms with van der Waals surface area (Å²) in [6.45, 7) is 0. The molecule has 0 saturated carbocycles. The van der Waals surface area contributed by atoms with Gasteiger partial charge in [-0.2, -0.15) is 0 Å². The molecule has 110 valence electrons. The van der Waals surface area contributed by atoms with Crippen LogP contribution in [-0.4, -0.2) is 11.7 Å². The van der Waals surface area contributed by atoms with Gasteiger partial charge in [-0.25, -0.2) is 16.8 Å². The fourth-order valence-corrected chi connectivity index (χ4v) is 3.08. The lowest BCUT2D eigenvalue weighted by Crippen LogP contribution is -2.38. The second-order valence-corrected chi connectivity index (χ2v) is 5.25. The minimum Gasteiger partial charge on any atom is -0.497 e. The van der Waals surface area contributed by atoms with Crippen LogP contribution >= 0.6 is 0 Å². The number of hydrazine groups is 2. The number of ether oxygens (including phenoxy) is 1. The van der Waals surface area contributed by atoms with Crippen molar-refractivity contribution in [3.05, 3.63) is 54.6 Å². The molecular weight excluding hydrogens is 276 g/mol. The van der Waals surface area contributed by atoms with E-state index in [2.05, 4.69) is 41.0 Å². The number of rotatable bonds is 3. The van der Waals surface area contributed by atoms with Crippen molar-refractivity contribution in [2.45, 2.75) is 0 Å². The van der Waals surface area contributed by atoms with Crippen molar-refractivity contribution in [3.63, 3.8) is 0 Å². The Morgan fingerprint density at radius 3 is 2.09 bits per heavy atom. The summed E-state index contributed by atoms with van der Waals surface area (Å²) in [5, 5.41) is 3.58. The lowest BCUT2D eigenvalue weighted by atomic mass is 10.1. The summed E-state index contributed by atoms with van der Waals surface area (Å²) in [5.41, 5.74) is 3.88. The second kappa shape index (κ2) is 4.62. The van der Waals surface area contributed by atoms with Crippen molar-refractivity contribution in [1.82, 2.24) is 4.57 Å². The van der Waals surface area contributed by atoms with Crippen LogP contribution in [0.2, 0.25) is 0 Å². The molecule has 0 atom stereocenters. The molecule has 4 rings (SSSR count). The maximum absolute atomic E-state index is 5.83. The van der Waals surface area contributed by atoms with Gasteiger partial charge in [0.1, 0.15) is 5.75 Å². The van der Waals surface area contributed by atoms with E-state index in [-0.39, 0.29) is 0 Å². The highest BCUT2D eigenvalue weighted by molar-refractivity contribution is 6.10. The predicted molar refractivity (Wildman–Crippen MR) is 89.4 cm³/mol. The Bertz CT molecular complexity index is 910. The van der Waals surface area contributed by atoms with Gasteiger partial charge in [0.05, 0.1) is 29.5 Å². The third kappa shape index (κ3) is 1.67. The van der Waals surface area contributed by atoms with Gasteiger partial charge in [0, 0.05) is 16.8 Å². The van der Waals surface area contributed by atoms with E-state index in [1.165, 1.54) is 10.8 Å². The topological polar surface area (TPSA) is 69.4 Å². The summed E-state index contributed by atoms with van der Waals surface area (Å²) < 4.78 is 7.45. The van der Waals surface area contributed by atoms with Crippen molar-refractivity contribution in [1.29, 1.82) is 0 Å². The largest absolute Gasteiger partial charge is 0.497 e. The maximum atomic E-state index is 5.83. The van der Waals surface area contributed by atoms with E-state index in [9.17, 15) is 0 Å². The Morgan fingerprint density at radius 1 is 0.909 bits per heavy atom. The summed E-state index contributed by atoms with van der Waals surface area (Å²) in [5.74, 6) is 12.4. The predicted octanol–water partition coefficient (Wildman–Crippen LogP) is 2.78. The van der Waals surface area contributed by atoms with Gasteiger partial charge in [0.2, 0.25) is 0 Å². The average molecular weight is 292 g/mol. The van der Waals surface area contributed by atoms with Gasteiger partial charge < -0.3 is 9.30 Å². The molecule has 0 aliphatic rings. The summed E-state index contributed by atoms with van der Waals surface area (Å²) in [4.78, 5) is 0. The van der Waals surface area contributed by atoms with Crippen LogP contribution in [0.15, 0.2) is 54.6 Å². The monoisotopic (exact) mass is 292 g/mol. The first-order chi connectivity index (χ1) is 10.7. The molecule has 0 saturated heterocycles. The Labute approximate surface area is 127 Å². The second-order valence-electron chi connectivity index (χ2n) is 5.25. The fraction of sp³-hybridized carbons (Fsp3) is 0.0588. The van der Waals surface area contributed by atoms with Crippen molar-refractivity contribution in [3.8, 4) is 11.4 Å². The highest BCUT2D eigenvalue weighted by Crippen LogP contribution is 2.37. The highest BCUT2D eigenvalue weighted by Gasteiger charge is 2.17. The number of nitrogens with zero attached hydrogens (tertiary/aromatic N) is 2. The minimum absolute atomic E-state index is 0.695. The molecule has 0 fully saturated rings. The zero-order valence-corrected chi connectivity index (χ0v) is 12.2. The summed E-state index contributed by atoms with van der Waals surface area (Å²) in [6, 6.07) is 18.3. The Morgan fingerprint density at radius 2 is 1.55 bits per heavy atom. The number of anilines is 1. The van der Waals surface area contributed by atoms with Crippen LogP contribution in [0.3, 0.4) is 0 Å². The molecule has 0 aliphatic heterocycles. The lowest BCUT2D eigenvalue weighted by Gasteiger charge is -2.19. The van der Waals surface area contributed by atoms with Gasteiger partial charge in [-0.15, -0.1) is 0 Å². The fourth-order valence-electron chi connectivity index (χ4n) is 3.08. The number of methoxy groups -OCH3 is 1. The molecule has 0 radical (unpaired) electrons. The molecule has 3 aromatic carbocycles. The van der Waals surface area contributed by atoms with Gasteiger partial charge in [-0.05, 0) is 24.3 Å². The van der Waals surface area contributed by atoms with E-state index < -0.39 is 0 Å². The first-order valence-electron chi connectivity index (χ1n) is 7.00. The van der Waals surface area contributed by atoms with Crippen LogP contribution in [0.1, 0.15) is 0 Å². The third-order valence-electron chi connectivity index (χ3n) is 4.06. The molecule has 0 spiro atoms. The normalized spacial score (nSPS) is 11.4. The molecule has 0 amide bonds. The Kier molecular flexibility index (Phi) is 2.72. The van der Waals surface area contributed by atoms with Gasteiger partial charge in [0.25, 0.3) is 0 Å². The van der Waals surface area contributed by atoms with Gasteiger partial charge in [0.15, 0.2) is 0 Å². The molecule has 22 heavy (non-hydrogen) atoms. The molecular formula is C17H16N4O. The van der Waals surface area contributed by atoms with Crippen molar-refractivity contribution < 1.29 is 4.74 Å². The summed E-state index contributed by atoms with van der Waals surface area (Å²) >= 11 is 0. The molecule has 1 aromatic heterocycles. The molecule has 4 bridgehead atoms. The molecule has 0 aliphatic carbocycles. The molecule has 0 unspecified atom stereocenters. The SMILES string of the molecule is COc1ccc(-n2c3cccc4c3cccc42)c(N(N)N)c1. The van der Waals surface area contributed by atoms with E-state index in [0.717, 1.165) is 21.8 Å². The maximum Gasteiger partial charge on any atom is 0.121 e. The standard InChI is InChI=1S/C17H16N4O/c1-22-11-8-9-16(17(10-11)21(18)19)20-14-6-2-4-12-13(14)5-3-7-15(12)20/h2-10H,18-19H2,1H3. The van der Waals surface area contributed by atoms with Crippen LogP contribution in [0.4, 0.5) is 5.69 Å². The summed E-state index contributed by atoms with van der Waals surface area (Å²) in [7, 11) is 1.62. The zero-order chi connectivity index (χ0) is 15.3. The molecule has 1 heterocycles. The first kappa shape index (κ1) is 12.9. The van der Waals surface area contributed by atoms with Crippen LogP contribution in [0.25, 0.3) is 27.5 Å². The molecule has 4 aromatic rings. The highest BCUT2D eigenvalue weighted by atomic mass is 16.5.